The van der Waals surface area contributed by atoms with Crippen LogP contribution < -0.4 is 10.5 Å². The molecular weight excluding hydrogens is 231 g/mol. The normalized spacial score (nSPS) is 10.3. The first-order valence-electron chi connectivity index (χ1n) is 5.84. The van der Waals surface area contributed by atoms with Gasteiger partial charge in [-0.3, -0.25) is 4.98 Å². The standard InChI is InChI=1S/C14H15FN2O/c1-2-5-18-12-6-10(8-17-9-12)13-7-11(15)3-4-14(13)16/h3-4,6-9H,2,5,16H2,1H3. The number of benzene rings is 1. The zero-order valence-corrected chi connectivity index (χ0v) is 10.2. The van der Waals surface area contributed by atoms with E-state index in [1.807, 2.05) is 13.0 Å². The third-order valence-electron chi connectivity index (χ3n) is 2.51. The van der Waals surface area contributed by atoms with Gasteiger partial charge in [0.25, 0.3) is 0 Å². The van der Waals surface area contributed by atoms with Crippen LogP contribution in [0.25, 0.3) is 11.1 Å². The molecule has 1 aromatic heterocycles. The van der Waals surface area contributed by atoms with Gasteiger partial charge < -0.3 is 10.5 Å². The van der Waals surface area contributed by atoms with Crippen LogP contribution in [0.15, 0.2) is 36.7 Å². The number of hydrogen-bond donors (Lipinski definition) is 1. The molecule has 1 heterocycles. The lowest BCUT2D eigenvalue weighted by molar-refractivity contribution is 0.316. The third kappa shape index (κ3) is 2.77. The summed E-state index contributed by atoms with van der Waals surface area (Å²) >= 11 is 0. The van der Waals surface area contributed by atoms with Crippen LogP contribution in [-0.4, -0.2) is 11.6 Å². The lowest BCUT2D eigenvalue weighted by Crippen LogP contribution is -1.96. The van der Waals surface area contributed by atoms with E-state index in [4.69, 9.17) is 10.5 Å². The topological polar surface area (TPSA) is 48.1 Å². The Balaban J connectivity index is 2.35. The number of pyridine rings is 1. The van der Waals surface area contributed by atoms with Crippen LogP contribution in [0.4, 0.5) is 10.1 Å². The highest BCUT2D eigenvalue weighted by molar-refractivity contribution is 5.76. The SMILES string of the molecule is CCCOc1cncc(-c2cc(F)ccc2N)c1. The fraction of sp³-hybridized carbons (Fsp3) is 0.214. The number of ether oxygens (including phenoxy) is 1. The largest absolute Gasteiger partial charge is 0.492 e. The van der Waals surface area contributed by atoms with E-state index in [1.165, 1.54) is 12.1 Å². The van der Waals surface area contributed by atoms with E-state index in [2.05, 4.69) is 4.98 Å². The number of nitrogen functional groups attached to an aromatic ring is 1. The summed E-state index contributed by atoms with van der Waals surface area (Å²) < 4.78 is 18.7. The van der Waals surface area contributed by atoms with Gasteiger partial charge >= 0.3 is 0 Å². The molecule has 0 bridgehead atoms. The molecule has 0 aliphatic heterocycles. The zero-order valence-electron chi connectivity index (χ0n) is 10.2. The Kier molecular flexibility index (Phi) is 3.77. The van der Waals surface area contributed by atoms with Crippen LogP contribution in [0.2, 0.25) is 0 Å². The van der Waals surface area contributed by atoms with E-state index in [1.54, 1.807) is 18.5 Å². The van der Waals surface area contributed by atoms with Crippen molar-refractivity contribution in [3.05, 3.63) is 42.5 Å². The van der Waals surface area contributed by atoms with Crippen molar-refractivity contribution in [2.24, 2.45) is 0 Å². The van der Waals surface area contributed by atoms with E-state index in [0.29, 0.717) is 23.6 Å². The Morgan fingerprint density at radius 3 is 2.89 bits per heavy atom. The monoisotopic (exact) mass is 246 g/mol. The van der Waals surface area contributed by atoms with E-state index >= 15 is 0 Å². The van der Waals surface area contributed by atoms with Crippen molar-refractivity contribution in [2.75, 3.05) is 12.3 Å². The maximum atomic E-state index is 13.2. The van der Waals surface area contributed by atoms with Crippen molar-refractivity contribution in [3.63, 3.8) is 0 Å². The number of aromatic nitrogens is 1. The highest BCUT2D eigenvalue weighted by Gasteiger charge is 2.06. The van der Waals surface area contributed by atoms with Crippen LogP contribution >= 0.6 is 0 Å². The minimum Gasteiger partial charge on any atom is -0.492 e. The third-order valence-corrected chi connectivity index (χ3v) is 2.51. The smallest absolute Gasteiger partial charge is 0.138 e. The minimum absolute atomic E-state index is 0.320. The number of halogens is 1. The predicted molar refractivity (Wildman–Crippen MR) is 69.8 cm³/mol. The highest BCUT2D eigenvalue weighted by atomic mass is 19.1. The average Bonchev–Trinajstić information content (AvgIpc) is 2.39. The lowest BCUT2D eigenvalue weighted by atomic mass is 10.1. The molecule has 0 saturated carbocycles. The second-order valence-electron chi connectivity index (χ2n) is 3.99. The predicted octanol–water partition coefficient (Wildman–Crippen LogP) is 3.26. The molecule has 0 amide bonds. The Hall–Kier alpha value is -2.10. The van der Waals surface area contributed by atoms with Crippen molar-refractivity contribution in [2.45, 2.75) is 13.3 Å². The van der Waals surface area contributed by atoms with Gasteiger partial charge in [-0.05, 0) is 30.7 Å². The van der Waals surface area contributed by atoms with E-state index in [-0.39, 0.29) is 5.82 Å². The van der Waals surface area contributed by atoms with Crippen LogP contribution in [0.1, 0.15) is 13.3 Å². The van der Waals surface area contributed by atoms with Crippen molar-refractivity contribution in [1.29, 1.82) is 0 Å². The molecule has 2 N–H and O–H groups in total. The van der Waals surface area contributed by atoms with Crippen molar-refractivity contribution >= 4 is 5.69 Å². The summed E-state index contributed by atoms with van der Waals surface area (Å²) in [5, 5.41) is 0. The van der Waals surface area contributed by atoms with Gasteiger partial charge in [-0.2, -0.15) is 0 Å². The van der Waals surface area contributed by atoms with Crippen LogP contribution in [0.5, 0.6) is 5.75 Å². The van der Waals surface area contributed by atoms with Crippen LogP contribution in [0, 0.1) is 5.82 Å². The molecule has 0 fully saturated rings. The molecule has 0 unspecified atom stereocenters. The maximum absolute atomic E-state index is 13.2. The minimum atomic E-state index is -0.320. The van der Waals surface area contributed by atoms with Crippen molar-refractivity contribution in [1.82, 2.24) is 4.98 Å². The summed E-state index contributed by atoms with van der Waals surface area (Å²) in [6.45, 7) is 2.66. The lowest BCUT2D eigenvalue weighted by Gasteiger charge is -2.08. The van der Waals surface area contributed by atoms with Crippen molar-refractivity contribution in [3.8, 4) is 16.9 Å². The van der Waals surface area contributed by atoms with Gasteiger partial charge in [0.1, 0.15) is 11.6 Å². The molecule has 0 saturated heterocycles. The molecule has 0 atom stereocenters. The molecule has 2 aromatic rings. The number of nitrogens with two attached hydrogens (primary N) is 1. The Bertz CT molecular complexity index is 543. The van der Waals surface area contributed by atoms with E-state index in [9.17, 15) is 4.39 Å². The van der Waals surface area contributed by atoms with Gasteiger partial charge in [-0.25, -0.2) is 4.39 Å². The van der Waals surface area contributed by atoms with Gasteiger partial charge in [0.15, 0.2) is 0 Å². The number of nitrogens with zero attached hydrogens (tertiary/aromatic N) is 1. The molecule has 1 aromatic carbocycles. The fourth-order valence-electron chi connectivity index (χ4n) is 1.64. The molecule has 0 spiro atoms. The summed E-state index contributed by atoms with van der Waals surface area (Å²) in [6.07, 6.45) is 4.20. The molecule has 0 aliphatic carbocycles. The van der Waals surface area contributed by atoms with Gasteiger partial charge in [-0.1, -0.05) is 6.92 Å². The van der Waals surface area contributed by atoms with E-state index in [0.717, 1.165) is 12.0 Å². The fourth-order valence-corrected chi connectivity index (χ4v) is 1.64. The quantitative estimate of drug-likeness (QED) is 0.842. The van der Waals surface area contributed by atoms with Gasteiger partial charge in [0.2, 0.25) is 0 Å². The summed E-state index contributed by atoms with van der Waals surface area (Å²) in [6, 6.07) is 6.09. The Labute approximate surface area is 105 Å². The number of rotatable bonds is 4. The summed E-state index contributed by atoms with van der Waals surface area (Å²) in [5.74, 6) is 0.345. The summed E-state index contributed by atoms with van der Waals surface area (Å²) in [7, 11) is 0. The first-order chi connectivity index (χ1) is 8.70. The second kappa shape index (κ2) is 5.49. The highest BCUT2D eigenvalue weighted by Crippen LogP contribution is 2.28. The second-order valence-corrected chi connectivity index (χ2v) is 3.99. The van der Waals surface area contributed by atoms with Gasteiger partial charge in [0.05, 0.1) is 12.8 Å². The Morgan fingerprint density at radius 2 is 2.11 bits per heavy atom. The maximum Gasteiger partial charge on any atom is 0.138 e. The molecule has 0 aliphatic rings. The number of anilines is 1. The molecule has 94 valence electrons. The van der Waals surface area contributed by atoms with Gasteiger partial charge in [-0.15, -0.1) is 0 Å². The first-order valence-corrected chi connectivity index (χ1v) is 5.84. The average molecular weight is 246 g/mol. The van der Waals surface area contributed by atoms with E-state index < -0.39 is 0 Å². The zero-order chi connectivity index (χ0) is 13.0. The first kappa shape index (κ1) is 12.4. The molecule has 3 nitrogen and oxygen atoms in total. The van der Waals surface area contributed by atoms with Gasteiger partial charge in [0, 0.05) is 23.0 Å². The molecular formula is C14H15FN2O. The van der Waals surface area contributed by atoms with Crippen LogP contribution in [0.3, 0.4) is 0 Å². The molecule has 0 radical (unpaired) electrons. The van der Waals surface area contributed by atoms with Crippen LogP contribution in [-0.2, 0) is 0 Å². The molecule has 18 heavy (non-hydrogen) atoms. The summed E-state index contributed by atoms with van der Waals surface area (Å²) in [4.78, 5) is 4.08. The summed E-state index contributed by atoms with van der Waals surface area (Å²) in [5.41, 5.74) is 7.74. The molecule has 2 rings (SSSR count). The molecule has 4 heteroatoms. The van der Waals surface area contributed by atoms with Crippen molar-refractivity contribution < 1.29 is 9.13 Å². The Morgan fingerprint density at radius 1 is 1.28 bits per heavy atom. The number of hydrogen-bond acceptors (Lipinski definition) is 3.